The van der Waals surface area contributed by atoms with E-state index in [1.807, 2.05) is 11.3 Å². The van der Waals surface area contributed by atoms with Crippen LogP contribution in [0.5, 0.6) is 0 Å². The fourth-order valence-electron chi connectivity index (χ4n) is 2.16. The molecule has 0 aliphatic heterocycles. The van der Waals surface area contributed by atoms with Crippen LogP contribution >= 0.6 is 11.3 Å². The molecule has 1 aromatic carbocycles. The highest BCUT2D eigenvalue weighted by Crippen LogP contribution is 2.16. The molecule has 0 spiro atoms. The van der Waals surface area contributed by atoms with Crippen molar-refractivity contribution in [3.8, 4) is 0 Å². The number of aryl methyl sites for hydroxylation is 1. The van der Waals surface area contributed by atoms with Crippen molar-refractivity contribution in [2.24, 2.45) is 4.99 Å². The molecular weight excluding hydrogens is 297 g/mol. The van der Waals surface area contributed by atoms with E-state index in [9.17, 15) is 4.39 Å². The van der Waals surface area contributed by atoms with Gasteiger partial charge in [0.1, 0.15) is 5.82 Å². The summed E-state index contributed by atoms with van der Waals surface area (Å²) in [5.41, 5.74) is 1.02. The van der Waals surface area contributed by atoms with E-state index >= 15 is 0 Å². The second-order valence-electron chi connectivity index (χ2n) is 5.31. The number of halogens is 1. The first-order chi connectivity index (χ1) is 10.6. The summed E-state index contributed by atoms with van der Waals surface area (Å²) in [6.45, 7) is 4.88. The van der Waals surface area contributed by atoms with Gasteiger partial charge in [0.25, 0.3) is 0 Å². The SMILES string of the molecule is CN=C(NCc1ccc(F)cc1)NC(C)Cc1ccc(C)s1. The van der Waals surface area contributed by atoms with Crippen LogP contribution < -0.4 is 10.6 Å². The molecule has 5 heteroatoms. The molecule has 2 aromatic rings. The maximum absolute atomic E-state index is 12.9. The topological polar surface area (TPSA) is 36.4 Å². The molecule has 1 aromatic heterocycles. The van der Waals surface area contributed by atoms with Gasteiger partial charge in [-0.05, 0) is 43.7 Å². The molecule has 0 aliphatic carbocycles. The van der Waals surface area contributed by atoms with Gasteiger partial charge in [-0.2, -0.15) is 0 Å². The van der Waals surface area contributed by atoms with E-state index in [1.165, 1.54) is 21.9 Å². The van der Waals surface area contributed by atoms with Crippen molar-refractivity contribution < 1.29 is 4.39 Å². The third kappa shape index (κ3) is 5.15. The van der Waals surface area contributed by atoms with Gasteiger partial charge in [0.2, 0.25) is 0 Å². The zero-order valence-electron chi connectivity index (χ0n) is 13.2. The Bertz CT molecular complexity index is 619. The Balaban J connectivity index is 1.82. The molecule has 3 nitrogen and oxygen atoms in total. The Morgan fingerprint density at radius 3 is 2.55 bits per heavy atom. The molecule has 0 saturated heterocycles. The fraction of sp³-hybridized carbons (Fsp3) is 0.353. The van der Waals surface area contributed by atoms with Crippen LogP contribution in [-0.4, -0.2) is 19.0 Å². The van der Waals surface area contributed by atoms with Crippen LogP contribution in [0.3, 0.4) is 0 Å². The minimum absolute atomic E-state index is 0.217. The smallest absolute Gasteiger partial charge is 0.191 e. The molecule has 1 unspecified atom stereocenters. The van der Waals surface area contributed by atoms with E-state index < -0.39 is 0 Å². The largest absolute Gasteiger partial charge is 0.354 e. The van der Waals surface area contributed by atoms with Crippen molar-refractivity contribution >= 4 is 17.3 Å². The second kappa shape index (κ2) is 7.94. The van der Waals surface area contributed by atoms with Crippen LogP contribution in [0, 0.1) is 12.7 Å². The minimum atomic E-state index is -0.217. The molecule has 0 bridgehead atoms. The summed E-state index contributed by atoms with van der Waals surface area (Å²) >= 11 is 1.83. The normalized spacial score (nSPS) is 13.0. The third-order valence-electron chi connectivity index (χ3n) is 3.28. The van der Waals surface area contributed by atoms with Crippen molar-refractivity contribution in [2.45, 2.75) is 32.9 Å². The summed E-state index contributed by atoms with van der Waals surface area (Å²) in [6, 6.07) is 11.1. The van der Waals surface area contributed by atoms with Crippen LogP contribution in [0.1, 0.15) is 22.2 Å². The maximum atomic E-state index is 12.9. The first-order valence-corrected chi connectivity index (χ1v) is 8.15. The zero-order chi connectivity index (χ0) is 15.9. The second-order valence-corrected chi connectivity index (χ2v) is 6.69. The molecule has 0 amide bonds. The molecule has 0 aliphatic rings. The number of hydrogen-bond donors (Lipinski definition) is 2. The molecule has 22 heavy (non-hydrogen) atoms. The number of hydrogen-bond acceptors (Lipinski definition) is 2. The molecular formula is C17H22FN3S. The molecule has 0 saturated carbocycles. The van der Waals surface area contributed by atoms with Crippen molar-refractivity contribution in [3.05, 3.63) is 57.5 Å². The predicted octanol–water partition coefficient (Wildman–Crippen LogP) is 3.49. The summed E-state index contributed by atoms with van der Waals surface area (Å²) in [4.78, 5) is 6.93. The molecule has 118 valence electrons. The monoisotopic (exact) mass is 319 g/mol. The van der Waals surface area contributed by atoms with E-state index in [1.54, 1.807) is 19.2 Å². The van der Waals surface area contributed by atoms with Crippen LogP contribution in [0.4, 0.5) is 4.39 Å². The molecule has 1 atom stereocenters. The molecule has 0 fully saturated rings. The fourth-order valence-corrected chi connectivity index (χ4v) is 3.18. The number of rotatable bonds is 5. The Morgan fingerprint density at radius 1 is 1.23 bits per heavy atom. The molecule has 0 radical (unpaired) electrons. The van der Waals surface area contributed by atoms with E-state index in [0.717, 1.165) is 17.9 Å². The Labute approximate surface area is 135 Å². The summed E-state index contributed by atoms with van der Waals surface area (Å²) in [5, 5.41) is 6.62. The van der Waals surface area contributed by atoms with Gasteiger partial charge in [-0.1, -0.05) is 12.1 Å². The van der Waals surface area contributed by atoms with E-state index in [4.69, 9.17) is 0 Å². The summed E-state index contributed by atoms with van der Waals surface area (Å²) < 4.78 is 12.9. The number of thiophene rings is 1. The lowest BCUT2D eigenvalue weighted by Crippen LogP contribution is -2.42. The van der Waals surface area contributed by atoms with Crippen LogP contribution in [-0.2, 0) is 13.0 Å². The van der Waals surface area contributed by atoms with Gasteiger partial charge < -0.3 is 10.6 Å². The van der Waals surface area contributed by atoms with Gasteiger partial charge >= 0.3 is 0 Å². The average molecular weight is 319 g/mol. The first-order valence-electron chi connectivity index (χ1n) is 7.34. The summed E-state index contributed by atoms with van der Waals surface area (Å²) in [5.74, 6) is 0.538. The lowest BCUT2D eigenvalue weighted by atomic mass is 10.2. The number of aliphatic imine (C=N–C) groups is 1. The summed E-state index contributed by atoms with van der Waals surface area (Å²) in [6.07, 6.45) is 0.968. The van der Waals surface area contributed by atoms with E-state index in [2.05, 4.69) is 41.6 Å². The number of benzene rings is 1. The standard InChI is InChI=1S/C17H22FN3S/c1-12(10-16-9-4-13(2)22-16)21-17(19-3)20-11-14-5-7-15(18)8-6-14/h4-9,12H,10-11H2,1-3H3,(H2,19,20,21). The Hall–Kier alpha value is -1.88. The lowest BCUT2D eigenvalue weighted by Gasteiger charge is -2.17. The highest BCUT2D eigenvalue weighted by Gasteiger charge is 2.07. The molecule has 2 rings (SSSR count). The van der Waals surface area contributed by atoms with Crippen LogP contribution in [0.25, 0.3) is 0 Å². The van der Waals surface area contributed by atoms with Gasteiger partial charge in [0.15, 0.2) is 5.96 Å². The Kier molecular flexibility index (Phi) is 5.95. The minimum Gasteiger partial charge on any atom is -0.354 e. The highest BCUT2D eigenvalue weighted by molar-refractivity contribution is 7.11. The van der Waals surface area contributed by atoms with Gasteiger partial charge in [0, 0.05) is 35.8 Å². The molecule has 1 heterocycles. The van der Waals surface area contributed by atoms with Crippen molar-refractivity contribution in [1.82, 2.24) is 10.6 Å². The third-order valence-corrected chi connectivity index (χ3v) is 4.31. The highest BCUT2D eigenvalue weighted by atomic mass is 32.1. The first kappa shape index (κ1) is 16.5. The quantitative estimate of drug-likeness (QED) is 0.654. The lowest BCUT2D eigenvalue weighted by molar-refractivity contribution is 0.626. The van der Waals surface area contributed by atoms with Gasteiger partial charge in [-0.25, -0.2) is 4.39 Å². The predicted molar refractivity (Wildman–Crippen MR) is 92.0 cm³/mol. The van der Waals surface area contributed by atoms with Crippen molar-refractivity contribution in [3.63, 3.8) is 0 Å². The van der Waals surface area contributed by atoms with Crippen molar-refractivity contribution in [1.29, 1.82) is 0 Å². The number of nitrogens with zero attached hydrogens (tertiary/aromatic N) is 1. The number of guanidine groups is 1. The van der Waals surface area contributed by atoms with E-state index in [0.29, 0.717) is 6.54 Å². The van der Waals surface area contributed by atoms with Crippen LogP contribution in [0.2, 0.25) is 0 Å². The Morgan fingerprint density at radius 2 is 1.95 bits per heavy atom. The number of nitrogens with one attached hydrogen (secondary N) is 2. The zero-order valence-corrected chi connectivity index (χ0v) is 14.0. The average Bonchev–Trinajstić information content (AvgIpc) is 2.90. The molecule has 2 N–H and O–H groups in total. The van der Waals surface area contributed by atoms with Crippen LogP contribution in [0.15, 0.2) is 41.4 Å². The van der Waals surface area contributed by atoms with Gasteiger partial charge in [-0.3, -0.25) is 4.99 Å². The van der Waals surface area contributed by atoms with Gasteiger partial charge in [-0.15, -0.1) is 11.3 Å². The maximum Gasteiger partial charge on any atom is 0.191 e. The summed E-state index contributed by atoms with van der Waals surface area (Å²) in [7, 11) is 1.75. The van der Waals surface area contributed by atoms with Gasteiger partial charge in [0.05, 0.1) is 0 Å². The van der Waals surface area contributed by atoms with E-state index in [-0.39, 0.29) is 11.9 Å². The van der Waals surface area contributed by atoms with Crippen molar-refractivity contribution in [2.75, 3.05) is 7.05 Å².